The predicted octanol–water partition coefficient (Wildman–Crippen LogP) is 2.66. The van der Waals surface area contributed by atoms with Crippen LogP contribution in [0, 0.1) is 5.92 Å². The van der Waals surface area contributed by atoms with Crippen molar-refractivity contribution in [2.75, 3.05) is 20.1 Å². The summed E-state index contributed by atoms with van der Waals surface area (Å²) < 4.78 is 38.8. The third kappa shape index (κ3) is 4.20. The van der Waals surface area contributed by atoms with Gasteiger partial charge in [-0.2, -0.15) is 13.2 Å². The Labute approximate surface area is 122 Å². The maximum atomic E-state index is 12.9. The Morgan fingerprint density at radius 1 is 1.38 bits per heavy atom. The molecule has 3 nitrogen and oxygen atoms in total. The van der Waals surface area contributed by atoms with E-state index >= 15 is 0 Å². The summed E-state index contributed by atoms with van der Waals surface area (Å²) in [5.41, 5.74) is -0.273. The summed E-state index contributed by atoms with van der Waals surface area (Å²) in [6, 6.07) is 5.68. The van der Waals surface area contributed by atoms with E-state index in [1.54, 1.807) is 13.1 Å². The Hall–Kier alpha value is -1.56. The molecule has 21 heavy (non-hydrogen) atoms. The molecule has 1 N–H and O–H groups in total. The minimum Gasteiger partial charge on any atom is -0.359 e. The Balaban J connectivity index is 1.99. The summed E-state index contributed by atoms with van der Waals surface area (Å²) >= 11 is 0. The van der Waals surface area contributed by atoms with Crippen LogP contribution in [0.3, 0.4) is 0 Å². The number of nitrogens with zero attached hydrogens (tertiary/aromatic N) is 1. The maximum absolute atomic E-state index is 12.9. The SMILES string of the molecule is CNC(=O)CC1CCN(Cc2ccccc2C(F)(F)F)C1. The van der Waals surface area contributed by atoms with Crippen molar-refractivity contribution in [2.45, 2.75) is 25.6 Å². The van der Waals surface area contributed by atoms with Gasteiger partial charge >= 0.3 is 6.18 Å². The fourth-order valence-corrected chi connectivity index (χ4v) is 2.76. The zero-order chi connectivity index (χ0) is 15.5. The highest BCUT2D eigenvalue weighted by Gasteiger charge is 2.34. The zero-order valence-corrected chi connectivity index (χ0v) is 11.9. The molecular weight excluding hydrogens is 281 g/mol. The topological polar surface area (TPSA) is 32.3 Å². The highest BCUT2D eigenvalue weighted by Crippen LogP contribution is 2.33. The standard InChI is InChI=1S/C15H19F3N2O/c1-19-14(21)8-11-6-7-20(9-11)10-12-4-2-3-5-13(12)15(16,17)18/h2-5,11H,6-10H2,1H3,(H,19,21). The van der Waals surface area contributed by atoms with Gasteiger partial charge in [0.1, 0.15) is 0 Å². The van der Waals surface area contributed by atoms with Gasteiger partial charge in [-0.15, -0.1) is 0 Å². The molecule has 1 heterocycles. The van der Waals surface area contributed by atoms with Crippen LogP contribution in [0.25, 0.3) is 0 Å². The van der Waals surface area contributed by atoms with Gasteiger partial charge in [0.05, 0.1) is 5.56 Å². The van der Waals surface area contributed by atoms with Gasteiger partial charge in [-0.1, -0.05) is 18.2 Å². The molecule has 0 spiro atoms. The Bertz CT molecular complexity index is 502. The van der Waals surface area contributed by atoms with Gasteiger partial charge in [0.15, 0.2) is 0 Å². The molecule has 1 saturated heterocycles. The number of alkyl halides is 3. The number of rotatable bonds is 4. The van der Waals surface area contributed by atoms with E-state index in [4.69, 9.17) is 0 Å². The van der Waals surface area contributed by atoms with E-state index < -0.39 is 11.7 Å². The molecule has 116 valence electrons. The molecule has 0 radical (unpaired) electrons. The predicted molar refractivity (Wildman–Crippen MR) is 73.5 cm³/mol. The summed E-state index contributed by atoms with van der Waals surface area (Å²) in [7, 11) is 1.59. The van der Waals surface area contributed by atoms with E-state index in [0.717, 1.165) is 19.0 Å². The van der Waals surface area contributed by atoms with Crippen LogP contribution in [0.5, 0.6) is 0 Å². The van der Waals surface area contributed by atoms with Crippen LogP contribution in [0.15, 0.2) is 24.3 Å². The average molecular weight is 300 g/mol. The van der Waals surface area contributed by atoms with Gasteiger partial charge in [-0.25, -0.2) is 0 Å². The minimum absolute atomic E-state index is 0.0162. The number of hydrogen-bond acceptors (Lipinski definition) is 2. The van der Waals surface area contributed by atoms with Crippen LogP contribution >= 0.6 is 0 Å². The fourth-order valence-electron chi connectivity index (χ4n) is 2.76. The van der Waals surface area contributed by atoms with Crippen LogP contribution in [-0.4, -0.2) is 30.9 Å². The molecular formula is C15H19F3N2O. The van der Waals surface area contributed by atoms with Crippen LogP contribution in [-0.2, 0) is 17.5 Å². The molecule has 1 fully saturated rings. The monoisotopic (exact) mass is 300 g/mol. The molecule has 6 heteroatoms. The second-order valence-corrected chi connectivity index (χ2v) is 5.42. The lowest BCUT2D eigenvalue weighted by atomic mass is 10.0. The van der Waals surface area contributed by atoms with Crippen molar-refractivity contribution in [3.05, 3.63) is 35.4 Å². The highest BCUT2D eigenvalue weighted by molar-refractivity contribution is 5.75. The molecule has 0 bridgehead atoms. The number of nitrogens with one attached hydrogen (secondary N) is 1. The molecule has 0 aliphatic carbocycles. The third-order valence-corrected chi connectivity index (χ3v) is 3.84. The van der Waals surface area contributed by atoms with Crippen molar-refractivity contribution in [3.8, 4) is 0 Å². The Kier molecular flexibility index (Phi) is 4.88. The molecule has 1 aromatic carbocycles. The number of amides is 1. The van der Waals surface area contributed by atoms with Crippen LogP contribution in [0.4, 0.5) is 13.2 Å². The van der Waals surface area contributed by atoms with Crippen LogP contribution in [0.1, 0.15) is 24.0 Å². The zero-order valence-electron chi connectivity index (χ0n) is 11.9. The number of likely N-dealkylation sites (tertiary alicyclic amines) is 1. The van der Waals surface area contributed by atoms with Gasteiger partial charge in [0.2, 0.25) is 5.91 Å². The van der Waals surface area contributed by atoms with Gasteiger partial charge in [0, 0.05) is 26.6 Å². The molecule has 2 rings (SSSR count). The maximum Gasteiger partial charge on any atom is 0.416 e. The van der Waals surface area contributed by atoms with E-state index in [1.165, 1.54) is 12.1 Å². The van der Waals surface area contributed by atoms with Crippen molar-refractivity contribution in [3.63, 3.8) is 0 Å². The van der Waals surface area contributed by atoms with Crippen molar-refractivity contribution in [1.82, 2.24) is 10.2 Å². The van der Waals surface area contributed by atoms with Crippen LogP contribution in [0.2, 0.25) is 0 Å². The van der Waals surface area contributed by atoms with E-state index in [0.29, 0.717) is 18.5 Å². The summed E-state index contributed by atoms with van der Waals surface area (Å²) in [5, 5.41) is 2.58. The second kappa shape index (κ2) is 6.47. The average Bonchev–Trinajstić information content (AvgIpc) is 2.85. The number of benzene rings is 1. The summed E-state index contributed by atoms with van der Waals surface area (Å²) in [6.07, 6.45) is -3.03. The molecule has 1 aromatic rings. The molecule has 1 unspecified atom stereocenters. The van der Waals surface area contributed by atoms with Gasteiger partial charge in [0.25, 0.3) is 0 Å². The van der Waals surface area contributed by atoms with Gasteiger partial charge in [-0.05, 0) is 30.5 Å². The minimum atomic E-state index is -4.32. The first-order valence-corrected chi connectivity index (χ1v) is 6.98. The molecule has 1 aliphatic heterocycles. The summed E-state index contributed by atoms with van der Waals surface area (Å²) in [5.74, 6) is 0.209. The second-order valence-electron chi connectivity index (χ2n) is 5.42. The van der Waals surface area contributed by atoms with E-state index in [-0.39, 0.29) is 18.4 Å². The highest BCUT2D eigenvalue weighted by atomic mass is 19.4. The molecule has 1 atom stereocenters. The normalized spacial score (nSPS) is 19.7. The quantitative estimate of drug-likeness (QED) is 0.927. The molecule has 1 amide bonds. The van der Waals surface area contributed by atoms with E-state index in [2.05, 4.69) is 5.32 Å². The Morgan fingerprint density at radius 2 is 2.10 bits per heavy atom. The van der Waals surface area contributed by atoms with Crippen molar-refractivity contribution >= 4 is 5.91 Å². The van der Waals surface area contributed by atoms with Gasteiger partial charge in [-0.3, -0.25) is 9.69 Å². The number of carbonyl (C=O) groups is 1. The smallest absolute Gasteiger partial charge is 0.359 e. The lowest BCUT2D eigenvalue weighted by Crippen LogP contribution is -2.25. The Morgan fingerprint density at radius 3 is 2.76 bits per heavy atom. The summed E-state index contributed by atoms with van der Waals surface area (Å²) in [6.45, 7) is 1.67. The first-order valence-electron chi connectivity index (χ1n) is 6.98. The third-order valence-electron chi connectivity index (χ3n) is 3.84. The van der Waals surface area contributed by atoms with Gasteiger partial charge < -0.3 is 5.32 Å². The van der Waals surface area contributed by atoms with Crippen molar-refractivity contribution in [2.24, 2.45) is 5.92 Å². The molecule has 0 aromatic heterocycles. The first-order chi connectivity index (χ1) is 9.90. The number of hydrogen-bond donors (Lipinski definition) is 1. The molecule has 1 aliphatic rings. The number of carbonyl (C=O) groups excluding carboxylic acids is 1. The van der Waals surface area contributed by atoms with Crippen molar-refractivity contribution < 1.29 is 18.0 Å². The van der Waals surface area contributed by atoms with Crippen LogP contribution < -0.4 is 5.32 Å². The lowest BCUT2D eigenvalue weighted by Gasteiger charge is -2.19. The fraction of sp³-hybridized carbons (Fsp3) is 0.533. The number of halogens is 3. The lowest BCUT2D eigenvalue weighted by molar-refractivity contribution is -0.138. The summed E-state index contributed by atoms with van der Waals surface area (Å²) in [4.78, 5) is 13.3. The largest absolute Gasteiger partial charge is 0.416 e. The van der Waals surface area contributed by atoms with Crippen molar-refractivity contribution in [1.29, 1.82) is 0 Å². The first kappa shape index (κ1) is 15.8. The van der Waals surface area contributed by atoms with E-state index in [9.17, 15) is 18.0 Å². The molecule has 0 saturated carbocycles. The van der Waals surface area contributed by atoms with E-state index in [1.807, 2.05) is 4.90 Å².